The number of carbonyl (C=O) groups excluding carboxylic acids is 2. The molecule has 0 aliphatic heterocycles. The van der Waals surface area contributed by atoms with E-state index in [-0.39, 0.29) is 11.8 Å². The Bertz CT molecular complexity index is 500. The molecular formula is C19H30N2O2. The number of benzene rings is 1. The Morgan fingerprint density at radius 1 is 1.04 bits per heavy atom. The molecular weight excluding hydrogens is 288 g/mol. The fourth-order valence-electron chi connectivity index (χ4n) is 2.37. The molecule has 1 aromatic rings. The predicted octanol–water partition coefficient (Wildman–Crippen LogP) is 4.24. The van der Waals surface area contributed by atoms with Gasteiger partial charge in [-0.2, -0.15) is 0 Å². The lowest BCUT2D eigenvalue weighted by Gasteiger charge is -2.23. The zero-order valence-corrected chi connectivity index (χ0v) is 14.7. The highest BCUT2D eigenvalue weighted by molar-refractivity contribution is 5.95. The Labute approximate surface area is 140 Å². The third-order valence-electron chi connectivity index (χ3n) is 3.80. The molecule has 0 saturated heterocycles. The first-order chi connectivity index (χ1) is 11.1. The summed E-state index contributed by atoms with van der Waals surface area (Å²) < 4.78 is 0. The molecule has 23 heavy (non-hydrogen) atoms. The Hall–Kier alpha value is -1.84. The van der Waals surface area contributed by atoms with E-state index < -0.39 is 0 Å². The molecule has 4 nitrogen and oxygen atoms in total. The van der Waals surface area contributed by atoms with Gasteiger partial charge in [-0.1, -0.05) is 57.2 Å². The molecule has 1 N–H and O–H groups in total. The third-order valence-corrected chi connectivity index (χ3v) is 3.80. The second-order valence-corrected chi connectivity index (χ2v) is 6.02. The van der Waals surface area contributed by atoms with Gasteiger partial charge >= 0.3 is 0 Å². The maximum atomic E-state index is 12.4. The molecule has 128 valence electrons. The smallest absolute Gasteiger partial charge is 0.269 e. The van der Waals surface area contributed by atoms with Crippen LogP contribution in [0.2, 0.25) is 0 Å². The van der Waals surface area contributed by atoms with Gasteiger partial charge in [0.1, 0.15) is 0 Å². The Morgan fingerprint density at radius 3 is 2.43 bits per heavy atom. The molecule has 0 atom stereocenters. The Kier molecular flexibility index (Phi) is 9.03. The second kappa shape index (κ2) is 10.8. The minimum Gasteiger partial charge on any atom is -0.273 e. The van der Waals surface area contributed by atoms with E-state index in [4.69, 9.17) is 0 Å². The molecule has 1 rings (SSSR count). The monoisotopic (exact) mass is 318 g/mol. The third kappa shape index (κ3) is 7.31. The van der Waals surface area contributed by atoms with Crippen LogP contribution in [0.3, 0.4) is 0 Å². The van der Waals surface area contributed by atoms with Crippen LogP contribution in [0.4, 0.5) is 0 Å². The summed E-state index contributed by atoms with van der Waals surface area (Å²) in [5.74, 6) is -0.206. The van der Waals surface area contributed by atoms with Crippen molar-refractivity contribution in [2.45, 2.75) is 65.7 Å². The standard InChI is InChI=1S/C19H30N2O2/c1-4-6-8-9-13-18(22)21(14-7-5-2)20-19(23)17-12-10-11-16(3)15-17/h10-12,15H,4-9,13-14H2,1-3H3,(H,20,23). The van der Waals surface area contributed by atoms with Crippen molar-refractivity contribution in [2.75, 3.05) is 6.54 Å². The van der Waals surface area contributed by atoms with Gasteiger partial charge < -0.3 is 0 Å². The van der Waals surface area contributed by atoms with E-state index in [2.05, 4.69) is 19.3 Å². The fourth-order valence-corrected chi connectivity index (χ4v) is 2.37. The van der Waals surface area contributed by atoms with Crippen LogP contribution in [0.5, 0.6) is 0 Å². The Balaban J connectivity index is 2.62. The van der Waals surface area contributed by atoms with Gasteiger partial charge in [0.15, 0.2) is 0 Å². The van der Waals surface area contributed by atoms with Crippen molar-refractivity contribution in [3.8, 4) is 0 Å². The average Bonchev–Trinajstić information content (AvgIpc) is 2.55. The quantitative estimate of drug-likeness (QED) is 0.547. The van der Waals surface area contributed by atoms with Crippen molar-refractivity contribution in [1.82, 2.24) is 10.4 Å². The molecule has 0 aliphatic rings. The first-order valence-electron chi connectivity index (χ1n) is 8.76. The van der Waals surface area contributed by atoms with Gasteiger partial charge in [0.05, 0.1) is 0 Å². The molecule has 0 heterocycles. The van der Waals surface area contributed by atoms with Gasteiger partial charge in [0.25, 0.3) is 5.91 Å². The first-order valence-corrected chi connectivity index (χ1v) is 8.76. The van der Waals surface area contributed by atoms with E-state index in [1.807, 2.05) is 25.1 Å². The van der Waals surface area contributed by atoms with Crippen LogP contribution in [-0.4, -0.2) is 23.4 Å². The summed E-state index contributed by atoms with van der Waals surface area (Å²) in [4.78, 5) is 24.7. The van der Waals surface area contributed by atoms with E-state index in [0.29, 0.717) is 18.5 Å². The molecule has 2 amide bonds. The van der Waals surface area contributed by atoms with E-state index >= 15 is 0 Å². The molecule has 1 aromatic carbocycles. The van der Waals surface area contributed by atoms with E-state index in [9.17, 15) is 9.59 Å². The lowest BCUT2D eigenvalue weighted by molar-refractivity contribution is -0.133. The van der Waals surface area contributed by atoms with Gasteiger partial charge in [-0.15, -0.1) is 0 Å². The number of nitrogens with zero attached hydrogens (tertiary/aromatic N) is 1. The van der Waals surface area contributed by atoms with Crippen molar-refractivity contribution >= 4 is 11.8 Å². The summed E-state index contributed by atoms with van der Waals surface area (Å²) in [6, 6.07) is 7.41. The molecule has 0 radical (unpaired) electrons. The zero-order valence-electron chi connectivity index (χ0n) is 14.7. The number of amides is 2. The highest BCUT2D eigenvalue weighted by atomic mass is 16.2. The lowest BCUT2D eigenvalue weighted by atomic mass is 10.1. The molecule has 0 spiro atoms. The van der Waals surface area contributed by atoms with Gasteiger partial charge in [-0.05, 0) is 31.9 Å². The van der Waals surface area contributed by atoms with Crippen LogP contribution < -0.4 is 5.43 Å². The average molecular weight is 318 g/mol. The predicted molar refractivity (Wildman–Crippen MR) is 94.0 cm³/mol. The molecule has 0 saturated carbocycles. The number of rotatable bonds is 9. The number of aryl methyl sites for hydroxylation is 1. The molecule has 0 aromatic heterocycles. The fraction of sp³-hybridized carbons (Fsp3) is 0.579. The van der Waals surface area contributed by atoms with Crippen molar-refractivity contribution in [2.24, 2.45) is 0 Å². The Morgan fingerprint density at radius 2 is 1.78 bits per heavy atom. The topological polar surface area (TPSA) is 49.4 Å². The van der Waals surface area contributed by atoms with Gasteiger partial charge in [0, 0.05) is 18.5 Å². The van der Waals surface area contributed by atoms with E-state index in [1.54, 1.807) is 6.07 Å². The number of unbranched alkanes of at least 4 members (excludes halogenated alkanes) is 4. The number of hydrogen-bond acceptors (Lipinski definition) is 2. The summed E-state index contributed by atoms with van der Waals surface area (Å²) in [5.41, 5.74) is 4.40. The maximum Gasteiger partial charge on any atom is 0.269 e. The van der Waals surface area contributed by atoms with Crippen LogP contribution >= 0.6 is 0 Å². The van der Waals surface area contributed by atoms with Crippen molar-refractivity contribution < 1.29 is 9.59 Å². The van der Waals surface area contributed by atoms with Gasteiger partial charge in [-0.3, -0.25) is 20.0 Å². The lowest BCUT2D eigenvalue weighted by Crippen LogP contribution is -2.46. The minimum absolute atomic E-state index is 0.00977. The summed E-state index contributed by atoms with van der Waals surface area (Å²) in [6.45, 7) is 6.74. The summed E-state index contributed by atoms with van der Waals surface area (Å²) >= 11 is 0. The van der Waals surface area contributed by atoms with Crippen LogP contribution in [-0.2, 0) is 4.79 Å². The molecule has 0 aliphatic carbocycles. The first kappa shape index (κ1) is 19.2. The van der Waals surface area contributed by atoms with Crippen LogP contribution in [0.25, 0.3) is 0 Å². The summed E-state index contributed by atoms with van der Waals surface area (Å²) in [5, 5.41) is 1.50. The second-order valence-electron chi connectivity index (χ2n) is 6.02. The van der Waals surface area contributed by atoms with E-state index in [0.717, 1.165) is 44.1 Å². The number of nitrogens with one attached hydrogen (secondary N) is 1. The van der Waals surface area contributed by atoms with Crippen molar-refractivity contribution in [3.05, 3.63) is 35.4 Å². The van der Waals surface area contributed by atoms with Crippen molar-refractivity contribution in [1.29, 1.82) is 0 Å². The van der Waals surface area contributed by atoms with Crippen LogP contribution in [0, 0.1) is 6.92 Å². The molecule has 0 fully saturated rings. The molecule has 4 heteroatoms. The highest BCUT2D eigenvalue weighted by Gasteiger charge is 2.16. The van der Waals surface area contributed by atoms with Crippen molar-refractivity contribution in [3.63, 3.8) is 0 Å². The molecule has 0 bridgehead atoms. The largest absolute Gasteiger partial charge is 0.273 e. The maximum absolute atomic E-state index is 12.4. The summed E-state index contributed by atoms with van der Waals surface area (Å²) in [6.07, 6.45) is 6.62. The number of hydrogen-bond donors (Lipinski definition) is 1. The number of carbonyl (C=O) groups is 2. The zero-order chi connectivity index (χ0) is 17.1. The number of hydrazine groups is 1. The highest BCUT2D eigenvalue weighted by Crippen LogP contribution is 2.07. The summed E-state index contributed by atoms with van der Waals surface area (Å²) in [7, 11) is 0. The SMILES string of the molecule is CCCCCCC(=O)N(CCCC)NC(=O)c1cccc(C)c1. The van der Waals surface area contributed by atoms with Gasteiger partial charge in [-0.25, -0.2) is 0 Å². The molecule has 0 unspecified atom stereocenters. The minimum atomic E-state index is -0.216. The van der Waals surface area contributed by atoms with Gasteiger partial charge in [0.2, 0.25) is 5.91 Å². The van der Waals surface area contributed by atoms with Crippen LogP contribution in [0.1, 0.15) is 74.7 Å². The normalized spacial score (nSPS) is 10.4. The van der Waals surface area contributed by atoms with Crippen LogP contribution in [0.15, 0.2) is 24.3 Å². The van der Waals surface area contributed by atoms with E-state index in [1.165, 1.54) is 5.01 Å².